The van der Waals surface area contributed by atoms with Crippen molar-refractivity contribution >= 4 is 17.7 Å². The van der Waals surface area contributed by atoms with Gasteiger partial charge in [0.2, 0.25) is 0 Å². The zero-order valence-electron chi connectivity index (χ0n) is 10.1. The number of hydrogen-bond acceptors (Lipinski definition) is 3. The fourth-order valence-electron chi connectivity index (χ4n) is 2.17. The van der Waals surface area contributed by atoms with Gasteiger partial charge >= 0.3 is 6.03 Å². The zero-order valence-corrected chi connectivity index (χ0v) is 10.1. The Bertz CT molecular complexity index is 434. The van der Waals surface area contributed by atoms with Gasteiger partial charge in [-0.3, -0.25) is 15.8 Å². The fraction of sp³-hybridized carbons (Fsp3) is 0.545. The minimum Gasteiger partial charge on any atom is -0.384 e. The second-order valence-corrected chi connectivity index (χ2v) is 4.51. The predicted octanol–water partition coefficient (Wildman–Crippen LogP) is 1.15. The van der Waals surface area contributed by atoms with Crippen LogP contribution in [-0.2, 0) is 0 Å². The molecule has 0 radical (unpaired) electrons. The highest BCUT2D eigenvalue weighted by Crippen LogP contribution is 2.17. The van der Waals surface area contributed by atoms with Crippen LogP contribution in [0.15, 0.2) is 6.20 Å². The minimum absolute atomic E-state index is 0.128. The summed E-state index contributed by atoms with van der Waals surface area (Å²) in [6.45, 7) is 0. The molecule has 1 aromatic heterocycles. The quantitative estimate of drug-likeness (QED) is 0.408. The first-order chi connectivity index (χ1) is 8.66. The molecule has 1 aliphatic carbocycles. The number of nitrogens with zero attached hydrogens (tertiary/aromatic N) is 1. The number of urea groups is 1. The van der Waals surface area contributed by atoms with Crippen LogP contribution >= 0.6 is 0 Å². The fourth-order valence-corrected chi connectivity index (χ4v) is 2.17. The highest BCUT2D eigenvalue weighted by molar-refractivity contribution is 6.02. The van der Waals surface area contributed by atoms with Crippen LogP contribution in [0.2, 0.25) is 0 Å². The number of amidine groups is 1. The molecule has 1 saturated carbocycles. The van der Waals surface area contributed by atoms with Crippen molar-refractivity contribution in [1.29, 1.82) is 5.41 Å². The zero-order chi connectivity index (χ0) is 13.0. The molecule has 0 unspecified atom stereocenters. The Hall–Kier alpha value is -2.05. The van der Waals surface area contributed by atoms with Gasteiger partial charge in [0.25, 0.3) is 0 Å². The number of nitrogen functional groups attached to an aromatic ring is 1. The van der Waals surface area contributed by atoms with Crippen molar-refractivity contribution < 1.29 is 4.79 Å². The number of aromatic amines is 1. The van der Waals surface area contributed by atoms with E-state index in [2.05, 4.69) is 20.8 Å². The molecule has 1 aliphatic rings. The topological polar surface area (TPSA) is 120 Å². The van der Waals surface area contributed by atoms with Gasteiger partial charge in [-0.1, -0.05) is 19.3 Å². The number of hydrogen-bond donors (Lipinski definition) is 5. The molecule has 7 heteroatoms. The number of aromatic nitrogens is 2. The van der Waals surface area contributed by atoms with Crippen molar-refractivity contribution in [2.75, 3.05) is 5.32 Å². The molecular formula is C11H18N6O. The van der Waals surface area contributed by atoms with E-state index in [1.165, 1.54) is 12.6 Å². The van der Waals surface area contributed by atoms with Crippen molar-refractivity contribution in [2.45, 2.75) is 38.1 Å². The molecule has 0 aliphatic heterocycles. The molecule has 0 saturated heterocycles. The molecule has 1 aromatic rings. The molecule has 98 valence electrons. The van der Waals surface area contributed by atoms with Gasteiger partial charge in [0.1, 0.15) is 11.7 Å². The largest absolute Gasteiger partial charge is 0.384 e. The van der Waals surface area contributed by atoms with Crippen molar-refractivity contribution in [3.8, 4) is 0 Å². The Morgan fingerprint density at radius 2 is 2.17 bits per heavy atom. The Morgan fingerprint density at radius 1 is 1.44 bits per heavy atom. The Morgan fingerprint density at radius 3 is 2.83 bits per heavy atom. The number of nitrogens with two attached hydrogens (primary N) is 1. The van der Waals surface area contributed by atoms with Crippen LogP contribution < -0.4 is 16.4 Å². The molecule has 0 spiro atoms. The maximum atomic E-state index is 11.8. The molecule has 1 heterocycles. The monoisotopic (exact) mass is 250 g/mol. The van der Waals surface area contributed by atoms with E-state index in [0.717, 1.165) is 25.7 Å². The number of carbonyl (C=O) groups is 1. The average molecular weight is 250 g/mol. The molecule has 0 aromatic carbocycles. The van der Waals surface area contributed by atoms with Crippen LogP contribution in [0.1, 0.15) is 37.7 Å². The van der Waals surface area contributed by atoms with E-state index in [-0.39, 0.29) is 17.9 Å². The van der Waals surface area contributed by atoms with Gasteiger partial charge in [-0.05, 0) is 12.8 Å². The molecule has 0 atom stereocenters. The molecular weight excluding hydrogens is 232 g/mol. The third-order valence-electron chi connectivity index (χ3n) is 3.11. The van der Waals surface area contributed by atoms with Crippen LogP contribution in [-0.4, -0.2) is 28.1 Å². The number of carbonyl (C=O) groups excluding carboxylic acids is 1. The summed E-state index contributed by atoms with van der Waals surface area (Å²) in [6.07, 6.45) is 7.03. The second-order valence-electron chi connectivity index (χ2n) is 4.51. The van der Waals surface area contributed by atoms with Crippen LogP contribution in [0.25, 0.3) is 0 Å². The predicted molar refractivity (Wildman–Crippen MR) is 68.6 cm³/mol. The van der Waals surface area contributed by atoms with Gasteiger partial charge in [0.05, 0.1) is 11.8 Å². The van der Waals surface area contributed by atoms with Crippen LogP contribution in [0.3, 0.4) is 0 Å². The van der Waals surface area contributed by atoms with E-state index >= 15 is 0 Å². The van der Waals surface area contributed by atoms with Crippen LogP contribution in [0.5, 0.6) is 0 Å². The van der Waals surface area contributed by atoms with E-state index in [1.54, 1.807) is 0 Å². The lowest BCUT2D eigenvalue weighted by atomic mass is 9.96. The summed E-state index contributed by atoms with van der Waals surface area (Å²) in [5.41, 5.74) is 5.77. The number of amides is 2. The van der Waals surface area contributed by atoms with Gasteiger partial charge in [-0.15, -0.1) is 0 Å². The van der Waals surface area contributed by atoms with Crippen molar-refractivity contribution in [2.24, 2.45) is 5.73 Å². The lowest BCUT2D eigenvalue weighted by molar-refractivity contribution is 0.244. The van der Waals surface area contributed by atoms with E-state index < -0.39 is 0 Å². The summed E-state index contributed by atoms with van der Waals surface area (Å²) in [5, 5.41) is 19.2. The number of anilines is 1. The smallest absolute Gasteiger partial charge is 0.320 e. The summed E-state index contributed by atoms with van der Waals surface area (Å²) >= 11 is 0. The molecule has 2 amide bonds. The van der Waals surface area contributed by atoms with Crippen molar-refractivity contribution in [3.63, 3.8) is 0 Å². The van der Waals surface area contributed by atoms with E-state index in [0.29, 0.717) is 11.4 Å². The SMILES string of the molecule is N=C(N)c1cn[nH]c1NC(=O)NC1CCCCC1. The summed E-state index contributed by atoms with van der Waals surface area (Å²) in [6, 6.07) is -0.0453. The molecule has 7 nitrogen and oxygen atoms in total. The molecule has 18 heavy (non-hydrogen) atoms. The van der Waals surface area contributed by atoms with Gasteiger partial charge in [-0.25, -0.2) is 4.79 Å². The van der Waals surface area contributed by atoms with E-state index in [4.69, 9.17) is 11.1 Å². The molecule has 0 bridgehead atoms. The van der Waals surface area contributed by atoms with E-state index in [9.17, 15) is 4.79 Å². The highest BCUT2D eigenvalue weighted by Gasteiger charge is 2.17. The molecule has 1 fully saturated rings. The standard InChI is InChI=1S/C11H18N6O/c12-9(13)8-6-14-17-10(8)16-11(18)15-7-4-2-1-3-5-7/h6-7H,1-5H2,(H3,12,13)(H3,14,15,16,17,18). The first-order valence-corrected chi connectivity index (χ1v) is 6.12. The highest BCUT2D eigenvalue weighted by atomic mass is 16.2. The maximum absolute atomic E-state index is 11.8. The van der Waals surface area contributed by atoms with Crippen LogP contribution in [0, 0.1) is 5.41 Å². The van der Waals surface area contributed by atoms with Gasteiger partial charge in [0, 0.05) is 6.04 Å². The molecule has 6 N–H and O–H groups in total. The second kappa shape index (κ2) is 5.52. The third-order valence-corrected chi connectivity index (χ3v) is 3.11. The first kappa shape index (κ1) is 12.4. The summed E-state index contributed by atoms with van der Waals surface area (Å²) < 4.78 is 0. The summed E-state index contributed by atoms with van der Waals surface area (Å²) in [5.74, 6) is 0.229. The Labute approximate surface area is 105 Å². The minimum atomic E-state index is -0.284. The summed E-state index contributed by atoms with van der Waals surface area (Å²) in [7, 11) is 0. The molecule has 2 rings (SSSR count). The van der Waals surface area contributed by atoms with E-state index in [1.807, 2.05) is 0 Å². The average Bonchev–Trinajstić information content (AvgIpc) is 2.78. The maximum Gasteiger partial charge on any atom is 0.320 e. The van der Waals surface area contributed by atoms with Gasteiger partial charge < -0.3 is 11.1 Å². The summed E-state index contributed by atoms with van der Waals surface area (Å²) in [4.78, 5) is 11.8. The Kier molecular flexibility index (Phi) is 3.81. The number of rotatable bonds is 3. The third kappa shape index (κ3) is 2.99. The van der Waals surface area contributed by atoms with Gasteiger partial charge in [-0.2, -0.15) is 5.10 Å². The normalized spacial score (nSPS) is 16.2. The lowest BCUT2D eigenvalue weighted by Gasteiger charge is -2.22. The lowest BCUT2D eigenvalue weighted by Crippen LogP contribution is -2.39. The van der Waals surface area contributed by atoms with Crippen molar-refractivity contribution in [3.05, 3.63) is 11.8 Å². The van der Waals surface area contributed by atoms with Crippen LogP contribution in [0.4, 0.5) is 10.6 Å². The number of H-pyrrole nitrogens is 1. The number of nitrogens with one attached hydrogen (secondary N) is 4. The Balaban J connectivity index is 1.90. The van der Waals surface area contributed by atoms with Gasteiger partial charge in [0.15, 0.2) is 0 Å². The first-order valence-electron chi connectivity index (χ1n) is 6.12. The van der Waals surface area contributed by atoms with Crippen molar-refractivity contribution in [1.82, 2.24) is 15.5 Å².